The van der Waals surface area contributed by atoms with Gasteiger partial charge in [-0.2, -0.15) is 5.26 Å². The monoisotopic (exact) mass is 284 g/mol. The predicted octanol–water partition coefficient (Wildman–Crippen LogP) is 2.45. The van der Waals surface area contributed by atoms with E-state index in [1.165, 1.54) is 18.2 Å². The smallest absolute Gasteiger partial charge is 0.208 e. The SMILES string of the molecule is C=CCC(C)NS(=O)(=O)c1cc(C#N)ccc1Cl. The van der Waals surface area contributed by atoms with E-state index in [0.29, 0.717) is 6.42 Å². The number of nitriles is 1. The van der Waals surface area contributed by atoms with Gasteiger partial charge in [0.1, 0.15) is 4.90 Å². The highest BCUT2D eigenvalue weighted by Crippen LogP contribution is 2.22. The molecule has 0 saturated heterocycles. The van der Waals surface area contributed by atoms with Crippen molar-refractivity contribution in [3.8, 4) is 6.07 Å². The van der Waals surface area contributed by atoms with Gasteiger partial charge in [0.2, 0.25) is 10.0 Å². The molecule has 4 nitrogen and oxygen atoms in total. The molecule has 0 aromatic heterocycles. The number of rotatable bonds is 5. The lowest BCUT2D eigenvalue weighted by Crippen LogP contribution is -2.32. The van der Waals surface area contributed by atoms with E-state index in [0.717, 1.165) is 0 Å². The quantitative estimate of drug-likeness (QED) is 0.844. The molecule has 0 heterocycles. The minimum Gasteiger partial charge on any atom is -0.208 e. The number of benzene rings is 1. The summed E-state index contributed by atoms with van der Waals surface area (Å²) in [6.07, 6.45) is 2.13. The molecule has 1 atom stereocenters. The molecule has 0 aliphatic carbocycles. The number of nitrogens with zero attached hydrogens (tertiary/aromatic N) is 1. The van der Waals surface area contributed by atoms with Gasteiger partial charge < -0.3 is 0 Å². The Bertz CT molecular complexity index is 591. The molecule has 6 heteroatoms. The molecule has 96 valence electrons. The minimum atomic E-state index is -3.73. The van der Waals surface area contributed by atoms with Crippen molar-refractivity contribution in [1.82, 2.24) is 4.72 Å². The Morgan fingerprint density at radius 1 is 1.61 bits per heavy atom. The first-order valence-corrected chi connectivity index (χ1v) is 7.09. The van der Waals surface area contributed by atoms with Crippen LogP contribution in [0, 0.1) is 11.3 Å². The number of sulfonamides is 1. The number of hydrogen-bond acceptors (Lipinski definition) is 3. The highest BCUT2D eigenvalue weighted by Gasteiger charge is 2.20. The van der Waals surface area contributed by atoms with Crippen LogP contribution in [0.3, 0.4) is 0 Å². The molecule has 1 aromatic carbocycles. The molecule has 1 N–H and O–H groups in total. The van der Waals surface area contributed by atoms with E-state index in [1.807, 2.05) is 6.07 Å². The molecule has 0 bridgehead atoms. The molecule has 0 aliphatic heterocycles. The molecule has 0 aliphatic rings. The second-order valence-corrected chi connectivity index (χ2v) is 5.89. The van der Waals surface area contributed by atoms with Gasteiger partial charge in [-0.15, -0.1) is 6.58 Å². The van der Waals surface area contributed by atoms with Crippen LogP contribution in [0.15, 0.2) is 35.7 Å². The van der Waals surface area contributed by atoms with Crippen LogP contribution in [0.4, 0.5) is 0 Å². The lowest BCUT2D eigenvalue weighted by atomic mass is 10.2. The third kappa shape index (κ3) is 3.57. The average molecular weight is 285 g/mol. The molecule has 0 saturated carbocycles. The lowest BCUT2D eigenvalue weighted by Gasteiger charge is -2.13. The maximum Gasteiger partial charge on any atom is 0.242 e. The Kier molecular flexibility index (Phi) is 4.91. The molecule has 0 radical (unpaired) electrons. The first-order chi connectivity index (χ1) is 8.40. The summed E-state index contributed by atoms with van der Waals surface area (Å²) < 4.78 is 26.6. The van der Waals surface area contributed by atoms with Gasteiger partial charge in [-0.1, -0.05) is 17.7 Å². The molecule has 18 heavy (non-hydrogen) atoms. The average Bonchev–Trinajstić information content (AvgIpc) is 2.29. The maximum atomic E-state index is 12.1. The fourth-order valence-electron chi connectivity index (χ4n) is 1.41. The molecule has 0 spiro atoms. The van der Waals surface area contributed by atoms with Crippen molar-refractivity contribution in [2.24, 2.45) is 0 Å². The molecule has 1 rings (SSSR count). The largest absolute Gasteiger partial charge is 0.242 e. The summed E-state index contributed by atoms with van der Waals surface area (Å²) in [5, 5.41) is 8.85. The lowest BCUT2D eigenvalue weighted by molar-refractivity contribution is 0.562. The van der Waals surface area contributed by atoms with Crippen molar-refractivity contribution < 1.29 is 8.42 Å². The Hall–Kier alpha value is -1.35. The van der Waals surface area contributed by atoms with Gasteiger partial charge in [0.05, 0.1) is 16.7 Å². The minimum absolute atomic E-state index is 0.0841. The van der Waals surface area contributed by atoms with E-state index >= 15 is 0 Å². The van der Waals surface area contributed by atoms with Gasteiger partial charge in [-0.25, -0.2) is 13.1 Å². The van der Waals surface area contributed by atoms with Gasteiger partial charge in [0.15, 0.2) is 0 Å². The summed E-state index contributed by atoms with van der Waals surface area (Å²) in [4.78, 5) is -0.0841. The van der Waals surface area contributed by atoms with Crippen LogP contribution in [-0.2, 0) is 10.0 Å². The van der Waals surface area contributed by atoms with Crippen molar-refractivity contribution in [3.05, 3.63) is 41.4 Å². The Balaban J connectivity index is 3.12. The third-order valence-electron chi connectivity index (χ3n) is 2.23. The number of nitrogens with one attached hydrogen (secondary N) is 1. The Labute approximate surface area is 112 Å². The van der Waals surface area contributed by atoms with Gasteiger partial charge in [0.25, 0.3) is 0 Å². The Morgan fingerprint density at radius 2 is 2.28 bits per heavy atom. The van der Waals surface area contributed by atoms with Crippen LogP contribution in [-0.4, -0.2) is 14.5 Å². The van der Waals surface area contributed by atoms with Crippen LogP contribution in [0.1, 0.15) is 18.9 Å². The zero-order valence-electron chi connectivity index (χ0n) is 9.85. The summed E-state index contributed by atoms with van der Waals surface area (Å²) in [5.41, 5.74) is 0.246. The van der Waals surface area contributed by atoms with Gasteiger partial charge >= 0.3 is 0 Å². The summed E-state index contributed by atoms with van der Waals surface area (Å²) in [7, 11) is -3.73. The predicted molar refractivity (Wildman–Crippen MR) is 70.8 cm³/mol. The van der Waals surface area contributed by atoms with Crippen LogP contribution >= 0.6 is 11.6 Å². The highest BCUT2D eigenvalue weighted by molar-refractivity contribution is 7.89. The van der Waals surface area contributed by atoms with Crippen LogP contribution in [0.2, 0.25) is 5.02 Å². The zero-order chi connectivity index (χ0) is 13.8. The molecule has 0 fully saturated rings. The Morgan fingerprint density at radius 3 is 2.83 bits per heavy atom. The second-order valence-electron chi connectivity index (χ2n) is 3.80. The first-order valence-electron chi connectivity index (χ1n) is 5.23. The topological polar surface area (TPSA) is 70.0 Å². The summed E-state index contributed by atoms with van der Waals surface area (Å²) >= 11 is 5.85. The highest BCUT2D eigenvalue weighted by atomic mass is 35.5. The van der Waals surface area contributed by atoms with Crippen LogP contribution in [0.5, 0.6) is 0 Å². The fraction of sp³-hybridized carbons (Fsp3) is 0.250. The summed E-state index contributed by atoms with van der Waals surface area (Å²) in [5.74, 6) is 0. The number of halogens is 1. The van der Waals surface area contributed by atoms with E-state index in [1.54, 1.807) is 13.0 Å². The summed E-state index contributed by atoms with van der Waals surface area (Å²) in [6.45, 7) is 5.27. The molecular weight excluding hydrogens is 272 g/mol. The summed E-state index contributed by atoms with van der Waals surface area (Å²) in [6, 6.07) is 5.71. The fourth-order valence-corrected chi connectivity index (χ4v) is 3.19. The van der Waals surface area contributed by atoms with E-state index in [2.05, 4.69) is 11.3 Å². The second kappa shape index (κ2) is 6.01. The van der Waals surface area contributed by atoms with Crippen molar-refractivity contribution in [3.63, 3.8) is 0 Å². The van der Waals surface area contributed by atoms with Gasteiger partial charge in [-0.05, 0) is 31.5 Å². The molecule has 1 aromatic rings. The molecule has 0 amide bonds. The van der Waals surface area contributed by atoms with E-state index in [9.17, 15) is 8.42 Å². The van der Waals surface area contributed by atoms with Crippen molar-refractivity contribution in [1.29, 1.82) is 5.26 Å². The van der Waals surface area contributed by atoms with E-state index in [4.69, 9.17) is 16.9 Å². The van der Waals surface area contributed by atoms with Crippen molar-refractivity contribution >= 4 is 21.6 Å². The van der Waals surface area contributed by atoms with E-state index in [-0.39, 0.29) is 21.5 Å². The van der Waals surface area contributed by atoms with Crippen LogP contribution in [0.25, 0.3) is 0 Å². The molecule has 1 unspecified atom stereocenters. The van der Waals surface area contributed by atoms with Crippen molar-refractivity contribution in [2.75, 3.05) is 0 Å². The third-order valence-corrected chi connectivity index (χ3v) is 4.30. The standard InChI is InChI=1S/C12H13ClN2O2S/c1-3-4-9(2)15-18(16,17)12-7-10(8-14)5-6-11(12)13/h3,5-7,9,15H,1,4H2,2H3. The first kappa shape index (κ1) is 14.7. The maximum absolute atomic E-state index is 12.1. The molecular formula is C12H13ClN2O2S. The van der Waals surface area contributed by atoms with Crippen LogP contribution < -0.4 is 4.72 Å². The van der Waals surface area contributed by atoms with E-state index < -0.39 is 10.0 Å². The normalized spacial score (nSPS) is 12.7. The van der Waals surface area contributed by atoms with Gasteiger partial charge in [-0.3, -0.25) is 0 Å². The zero-order valence-corrected chi connectivity index (χ0v) is 11.4. The number of hydrogen-bond donors (Lipinski definition) is 1. The van der Waals surface area contributed by atoms with Gasteiger partial charge in [0, 0.05) is 6.04 Å². The van der Waals surface area contributed by atoms with Crippen molar-refractivity contribution in [2.45, 2.75) is 24.3 Å².